The number of carbonyl (C=O) groups excluding carboxylic acids is 1. The van der Waals surface area contributed by atoms with Gasteiger partial charge in [-0.2, -0.15) is 0 Å². The van der Waals surface area contributed by atoms with Crippen LogP contribution in [0.3, 0.4) is 0 Å². The first-order chi connectivity index (χ1) is 17.4. The molecule has 2 N–H and O–H groups in total. The number of nitrogens with zero attached hydrogens (tertiary/aromatic N) is 4. The molecule has 0 aliphatic carbocycles. The van der Waals surface area contributed by atoms with Gasteiger partial charge in [0.2, 0.25) is 5.88 Å². The molecule has 11 heteroatoms. The Morgan fingerprint density at radius 1 is 1.17 bits per heavy atom. The van der Waals surface area contributed by atoms with Crippen molar-refractivity contribution in [2.45, 2.75) is 18.3 Å². The van der Waals surface area contributed by atoms with Gasteiger partial charge < -0.3 is 34.1 Å². The van der Waals surface area contributed by atoms with Crippen LogP contribution in [0.25, 0.3) is 11.0 Å². The Bertz CT molecular complexity index is 1260. The minimum atomic E-state index is -0.958. The van der Waals surface area contributed by atoms with Gasteiger partial charge in [-0.3, -0.25) is 4.90 Å². The summed E-state index contributed by atoms with van der Waals surface area (Å²) in [6.45, 7) is 1.52. The van der Waals surface area contributed by atoms with E-state index in [0.717, 1.165) is 0 Å². The molecule has 2 aromatic carbocycles. The predicted molar refractivity (Wildman–Crippen MR) is 130 cm³/mol. The molecule has 1 aromatic heterocycles. The molecule has 1 amide bonds. The van der Waals surface area contributed by atoms with Gasteiger partial charge in [0.15, 0.2) is 11.5 Å². The van der Waals surface area contributed by atoms with Crippen LogP contribution in [0.5, 0.6) is 17.4 Å². The fourth-order valence-corrected chi connectivity index (χ4v) is 4.41. The van der Waals surface area contributed by atoms with Crippen molar-refractivity contribution in [3.8, 4) is 17.4 Å². The van der Waals surface area contributed by atoms with E-state index in [9.17, 15) is 15.0 Å². The smallest absolute Gasteiger partial charge is 0.414 e. The average molecular weight is 497 g/mol. The maximum Gasteiger partial charge on any atom is 0.414 e. The van der Waals surface area contributed by atoms with Crippen LogP contribution in [0.2, 0.25) is 0 Å². The maximum absolute atomic E-state index is 12.5. The SMILES string of the molecule is COc1cnc2cccc(C(O)CN(C)CC(O)C3CN(c4ccc5c(c4)OCCO5)C(=O)O3)c2n1. The fourth-order valence-electron chi connectivity index (χ4n) is 4.41. The average Bonchev–Trinajstić information content (AvgIpc) is 3.29. The third-order valence-corrected chi connectivity index (χ3v) is 6.24. The molecule has 36 heavy (non-hydrogen) atoms. The zero-order chi connectivity index (χ0) is 25.2. The number of rotatable bonds is 8. The number of fused-ring (bicyclic) bond motifs is 2. The van der Waals surface area contributed by atoms with Crippen molar-refractivity contribution >= 4 is 22.8 Å². The monoisotopic (exact) mass is 496 g/mol. The summed E-state index contributed by atoms with van der Waals surface area (Å²) < 4.78 is 21.7. The molecule has 0 saturated carbocycles. The Kier molecular flexibility index (Phi) is 6.77. The molecule has 0 radical (unpaired) electrons. The minimum absolute atomic E-state index is 0.184. The standard InChI is InChI=1S/C25H28N4O7/c1-28(12-18(30)16-4-3-5-17-24(16)27-23(33-2)11-26-17)13-19(31)22-14-29(25(32)36-22)15-6-7-20-21(10-15)35-9-8-34-20/h3-7,10-11,18-19,22,30-31H,8-9,12-14H2,1-2H3. The number of benzene rings is 2. The summed E-state index contributed by atoms with van der Waals surface area (Å²) in [7, 11) is 3.29. The molecule has 0 bridgehead atoms. The molecule has 3 heterocycles. The van der Waals surface area contributed by atoms with Gasteiger partial charge in [-0.25, -0.2) is 14.8 Å². The third-order valence-electron chi connectivity index (χ3n) is 6.24. The molecule has 1 fully saturated rings. The molecular formula is C25H28N4O7. The highest BCUT2D eigenvalue weighted by Gasteiger charge is 2.37. The lowest BCUT2D eigenvalue weighted by atomic mass is 10.1. The molecule has 3 unspecified atom stereocenters. The molecule has 11 nitrogen and oxygen atoms in total. The second-order valence-electron chi connectivity index (χ2n) is 8.79. The number of aliphatic hydroxyl groups excluding tert-OH is 2. The van der Waals surface area contributed by atoms with Crippen molar-refractivity contribution in [1.29, 1.82) is 0 Å². The van der Waals surface area contributed by atoms with Crippen molar-refractivity contribution < 1.29 is 34.0 Å². The van der Waals surface area contributed by atoms with Gasteiger partial charge in [-0.15, -0.1) is 0 Å². The van der Waals surface area contributed by atoms with Crippen LogP contribution in [0.1, 0.15) is 11.7 Å². The van der Waals surface area contributed by atoms with Crippen LogP contribution in [0.15, 0.2) is 42.6 Å². The maximum atomic E-state index is 12.5. The van der Waals surface area contributed by atoms with Crippen LogP contribution < -0.4 is 19.1 Å². The largest absolute Gasteiger partial charge is 0.486 e. The lowest BCUT2D eigenvalue weighted by Crippen LogP contribution is -2.40. The van der Waals surface area contributed by atoms with E-state index in [1.807, 2.05) is 6.07 Å². The Morgan fingerprint density at radius 3 is 2.78 bits per heavy atom. The van der Waals surface area contributed by atoms with Crippen LogP contribution in [0, 0.1) is 0 Å². The Labute approximate surface area is 207 Å². The van der Waals surface area contributed by atoms with E-state index in [1.54, 1.807) is 42.3 Å². The molecule has 1 saturated heterocycles. The van der Waals surface area contributed by atoms with Gasteiger partial charge in [0, 0.05) is 24.7 Å². The summed E-state index contributed by atoms with van der Waals surface area (Å²) in [6, 6.07) is 10.6. The highest BCUT2D eigenvalue weighted by atomic mass is 16.6. The molecule has 3 atom stereocenters. The van der Waals surface area contributed by atoms with E-state index in [-0.39, 0.29) is 19.6 Å². The summed E-state index contributed by atoms with van der Waals surface area (Å²) >= 11 is 0. The number of hydrogen-bond acceptors (Lipinski definition) is 10. The normalized spacial score (nSPS) is 18.9. The number of amides is 1. The Balaban J connectivity index is 1.21. The number of likely N-dealkylation sites (N-methyl/N-ethyl adjacent to an activating group) is 1. The van der Waals surface area contributed by atoms with Crippen molar-refractivity contribution in [3.05, 3.63) is 48.2 Å². The van der Waals surface area contributed by atoms with Crippen molar-refractivity contribution in [3.63, 3.8) is 0 Å². The van der Waals surface area contributed by atoms with Crippen LogP contribution >= 0.6 is 0 Å². The zero-order valence-corrected chi connectivity index (χ0v) is 20.0. The van der Waals surface area contributed by atoms with Gasteiger partial charge >= 0.3 is 6.09 Å². The van der Waals surface area contributed by atoms with Crippen molar-refractivity contribution in [2.75, 3.05) is 51.9 Å². The van der Waals surface area contributed by atoms with E-state index in [1.165, 1.54) is 18.2 Å². The number of ether oxygens (including phenoxy) is 4. The summed E-state index contributed by atoms with van der Waals surface area (Å²) in [5, 5.41) is 21.7. The van der Waals surface area contributed by atoms with Gasteiger partial charge in [-0.05, 0) is 25.2 Å². The molecule has 5 rings (SSSR count). The quantitative estimate of drug-likeness (QED) is 0.476. The van der Waals surface area contributed by atoms with E-state index in [2.05, 4.69) is 9.97 Å². The van der Waals surface area contributed by atoms with E-state index >= 15 is 0 Å². The second kappa shape index (κ2) is 10.1. The Morgan fingerprint density at radius 2 is 1.97 bits per heavy atom. The molecule has 190 valence electrons. The fraction of sp³-hybridized carbons (Fsp3) is 0.400. The first-order valence-corrected chi connectivity index (χ1v) is 11.6. The number of aliphatic hydroxyl groups is 2. The number of cyclic esters (lactones) is 1. The van der Waals surface area contributed by atoms with Crippen molar-refractivity contribution in [2.24, 2.45) is 0 Å². The number of hydrogen-bond donors (Lipinski definition) is 2. The third kappa shape index (κ3) is 4.85. The van der Waals surface area contributed by atoms with E-state index in [0.29, 0.717) is 52.9 Å². The summed E-state index contributed by atoms with van der Waals surface area (Å²) in [5.41, 5.74) is 2.41. The molecular weight excluding hydrogens is 468 g/mol. The Hall–Kier alpha value is -3.67. The first-order valence-electron chi connectivity index (χ1n) is 11.6. The minimum Gasteiger partial charge on any atom is -0.486 e. The van der Waals surface area contributed by atoms with E-state index < -0.39 is 24.4 Å². The van der Waals surface area contributed by atoms with Crippen molar-refractivity contribution in [1.82, 2.24) is 14.9 Å². The topological polar surface area (TPSA) is 127 Å². The van der Waals surface area contributed by atoms with Gasteiger partial charge in [0.1, 0.15) is 25.4 Å². The lowest BCUT2D eigenvalue weighted by molar-refractivity contribution is 0.00738. The highest BCUT2D eigenvalue weighted by Crippen LogP contribution is 2.35. The number of para-hydroxylation sites is 1. The second-order valence-corrected chi connectivity index (χ2v) is 8.79. The summed E-state index contributed by atoms with van der Waals surface area (Å²) in [6.07, 6.45) is -1.58. The predicted octanol–water partition coefficient (Wildman–Crippen LogP) is 1.76. The summed E-state index contributed by atoms with van der Waals surface area (Å²) in [4.78, 5) is 24.5. The molecule has 2 aliphatic rings. The van der Waals surface area contributed by atoms with Gasteiger partial charge in [0.25, 0.3) is 0 Å². The van der Waals surface area contributed by atoms with Crippen LogP contribution in [0.4, 0.5) is 10.5 Å². The molecule has 3 aromatic rings. The number of methoxy groups -OCH3 is 1. The lowest BCUT2D eigenvalue weighted by Gasteiger charge is -2.25. The van der Waals surface area contributed by atoms with Gasteiger partial charge in [0.05, 0.1) is 42.7 Å². The van der Waals surface area contributed by atoms with E-state index in [4.69, 9.17) is 18.9 Å². The number of anilines is 1. The highest BCUT2D eigenvalue weighted by molar-refractivity contribution is 5.90. The number of aromatic nitrogens is 2. The number of carbonyl (C=O) groups is 1. The molecule has 2 aliphatic heterocycles. The zero-order valence-electron chi connectivity index (χ0n) is 20.0. The van der Waals surface area contributed by atoms with Crippen LogP contribution in [-0.4, -0.2) is 90.4 Å². The summed E-state index contributed by atoms with van der Waals surface area (Å²) in [5.74, 6) is 1.56. The van der Waals surface area contributed by atoms with Gasteiger partial charge in [-0.1, -0.05) is 12.1 Å². The molecule has 0 spiro atoms. The van der Waals surface area contributed by atoms with Crippen LogP contribution in [-0.2, 0) is 4.74 Å². The first kappa shape index (κ1) is 24.0.